The zero-order valence-electron chi connectivity index (χ0n) is 16.2. The first-order valence-electron chi connectivity index (χ1n) is 9.01. The lowest BCUT2D eigenvalue weighted by molar-refractivity contribution is -0.133. The third kappa shape index (κ3) is 2.84. The number of fused-ring (bicyclic) bond motifs is 1. The fourth-order valence-electron chi connectivity index (χ4n) is 3.72. The van der Waals surface area contributed by atoms with Crippen molar-refractivity contribution in [2.24, 2.45) is 11.0 Å². The van der Waals surface area contributed by atoms with E-state index >= 15 is 0 Å². The number of nitrogens with zero attached hydrogens (tertiary/aromatic N) is 3. The van der Waals surface area contributed by atoms with Crippen LogP contribution in [0.25, 0.3) is 0 Å². The second kappa shape index (κ2) is 7.05. The smallest absolute Gasteiger partial charge is 0.355 e. The number of para-hydroxylation sites is 2. The van der Waals surface area contributed by atoms with E-state index in [9.17, 15) is 14.4 Å². The molecule has 2 aliphatic rings. The van der Waals surface area contributed by atoms with Crippen LogP contribution < -0.4 is 14.6 Å². The molecule has 1 saturated heterocycles. The first-order chi connectivity index (χ1) is 14.0. The highest BCUT2D eigenvalue weighted by Gasteiger charge is 2.59. The Bertz CT molecular complexity index is 1050. The van der Waals surface area contributed by atoms with Crippen molar-refractivity contribution >= 4 is 34.9 Å². The van der Waals surface area contributed by atoms with Gasteiger partial charge in [-0.1, -0.05) is 24.3 Å². The number of hydrogen-bond donors (Lipinski definition) is 0. The van der Waals surface area contributed by atoms with Gasteiger partial charge in [0.15, 0.2) is 5.71 Å². The Balaban J connectivity index is 1.83. The molecule has 0 spiro atoms. The lowest BCUT2D eigenvalue weighted by Gasteiger charge is -2.23. The summed E-state index contributed by atoms with van der Waals surface area (Å²) in [5.74, 6) is -2.43. The minimum absolute atomic E-state index is 0.0882. The molecular formula is C21H19N3O5. The van der Waals surface area contributed by atoms with Crippen LogP contribution in [0.15, 0.2) is 53.6 Å². The Hall–Kier alpha value is -3.68. The highest BCUT2D eigenvalue weighted by molar-refractivity contribution is 6.47. The van der Waals surface area contributed by atoms with Gasteiger partial charge in [-0.25, -0.2) is 9.69 Å². The highest BCUT2D eigenvalue weighted by atomic mass is 16.5. The maximum atomic E-state index is 13.4. The van der Waals surface area contributed by atoms with E-state index in [1.165, 1.54) is 19.2 Å². The summed E-state index contributed by atoms with van der Waals surface area (Å²) in [5.41, 5.74) is 1.81. The first-order valence-corrected chi connectivity index (χ1v) is 9.01. The van der Waals surface area contributed by atoms with Crippen LogP contribution in [-0.2, 0) is 19.1 Å². The van der Waals surface area contributed by atoms with Gasteiger partial charge in [-0.05, 0) is 36.8 Å². The monoisotopic (exact) mass is 393 g/mol. The molecule has 8 nitrogen and oxygen atoms in total. The van der Waals surface area contributed by atoms with E-state index < -0.39 is 29.7 Å². The topological polar surface area (TPSA) is 88.5 Å². The van der Waals surface area contributed by atoms with Crippen molar-refractivity contribution in [3.05, 3.63) is 54.1 Å². The molecule has 2 aromatic rings. The summed E-state index contributed by atoms with van der Waals surface area (Å²) >= 11 is 0. The zero-order chi connectivity index (χ0) is 20.7. The highest BCUT2D eigenvalue weighted by Crippen LogP contribution is 2.40. The molecule has 0 unspecified atom stereocenters. The van der Waals surface area contributed by atoms with Gasteiger partial charge in [-0.3, -0.25) is 14.6 Å². The van der Waals surface area contributed by atoms with Crippen LogP contribution >= 0.6 is 0 Å². The zero-order valence-corrected chi connectivity index (χ0v) is 16.2. The van der Waals surface area contributed by atoms with E-state index in [1.807, 2.05) is 25.1 Å². The minimum atomic E-state index is -1.06. The normalized spacial score (nSPS) is 20.6. The van der Waals surface area contributed by atoms with E-state index in [1.54, 1.807) is 30.3 Å². The third-order valence-corrected chi connectivity index (χ3v) is 5.04. The van der Waals surface area contributed by atoms with Crippen molar-refractivity contribution in [2.45, 2.75) is 13.0 Å². The average Bonchev–Trinajstić information content (AvgIpc) is 3.24. The Kier molecular flexibility index (Phi) is 4.54. The fraction of sp³-hybridized carbons (Fsp3) is 0.238. The van der Waals surface area contributed by atoms with Crippen LogP contribution in [-0.4, -0.2) is 43.8 Å². The molecule has 0 bridgehead atoms. The number of ether oxygens (including phenoxy) is 2. The molecule has 0 aliphatic carbocycles. The van der Waals surface area contributed by atoms with E-state index in [-0.39, 0.29) is 5.71 Å². The molecule has 2 aromatic carbocycles. The summed E-state index contributed by atoms with van der Waals surface area (Å²) in [6, 6.07) is 13.1. The molecule has 2 atom stereocenters. The largest absolute Gasteiger partial charge is 0.495 e. The van der Waals surface area contributed by atoms with Gasteiger partial charge in [0.25, 0.3) is 5.91 Å². The molecule has 2 heterocycles. The van der Waals surface area contributed by atoms with Crippen LogP contribution in [0.4, 0.5) is 11.4 Å². The Labute approximate surface area is 167 Å². The molecule has 2 aliphatic heterocycles. The van der Waals surface area contributed by atoms with Crippen LogP contribution in [0.3, 0.4) is 0 Å². The van der Waals surface area contributed by atoms with E-state index in [2.05, 4.69) is 5.10 Å². The molecule has 8 heteroatoms. The number of carbonyl (C=O) groups is 3. The Morgan fingerprint density at radius 1 is 1.03 bits per heavy atom. The van der Waals surface area contributed by atoms with Crippen LogP contribution in [0.5, 0.6) is 5.75 Å². The predicted molar refractivity (Wildman–Crippen MR) is 106 cm³/mol. The van der Waals surface area contributed by atoms with Crippen molar-refractivity contribution in [3.63, 3.8) is 0 Å². The molecule has 1 fully saturated rings. The maximum absolute atomic E-state index is 13.4. The van der Waals surface area contributed by atoms with Gasteiger partial charge < -0.3 is 9.47 Å². The van der Waals surface area contributed by atoms with Gasteiger partial charge >= 0.3 is 5.97 Å². The Morgan fingerprint density at radius 3 is 2.48 bits per heavy atom. The fourth-order valence-corrected chi connectivity index (χ4v) is 3.72. The molecule has 0 aromatic heterocycles. The van der Waals surface area contributed by atoms with Crippen LogP contribution in [0.2, 0.25) is 0 Å². The SMILES string of the molecule is COC(=O)C1=NN(c2cccc(C)c2)[C@H]2C(=O)N(c3ccccc3OC)C(=O)[C@@H]12. The van der Waals surface area contributed by atoms with Crippen molar-refractivity contribution in [1.29, 1.82) is 0 Å². The van der Waals surface area contributed by atoms with Crippen LogP contribution in [0, 0.1) is 12.8 Å². The van der Waals surface area contributed by atoms with Crippen molar-refractivity contribution in [3.8, 4) is 5.75 Å². The summed E-state index contributed by atoms with van der Waals surface area (Å²) in [4.78, 5) is 40.0. The number of rotatable bonds is 4. The van der Waals surface area contributed by atoms with E-state index in [4.69, 9.17) is 9.47 Å². The second-order valence-electron chi connectivity index (χ2n) is 6.77. The van der Waals surface area contributed by atoms with Gasteiger partial charge in [0.05, 0.1) is 25.6 Å². The minimum Gasteiger partial charge on any atom is -0.495 e. The summed E-state index contributed by atoms with van der Waals surface area (Å²) in [6.07, 6.45) is 0. The number of aryl methyl sites for hydroxylation is 1. The number of amides is 2. The molecule has 0 N–H and O–H groups in total. The first kappa shape index (κ1) is 18.7. The molecule has 2 amide bonds. The maximum Gasteiger partial charge on any atom is 0.355 e. The second-order valence-corrected chi connectivity index (χ2v) is 6.77. The van der Waals surface area contributed by atoms with Gasteiger partial charge in [-0.15, -0.1) is 0 Å². The summed E-state index contributed by atoms with van der Waals surface area (Å²) < 4.78 is 10.1. The summed E-state index contributed by atoms with van der Waals surface area (Å²) in [7, 11) is 2.68. The average molecular weight is 393 g/mol. The molecule has 4 rings (SSSR count). The van der Waals surface area contributed by atoms with Gasteiger partial charge in [-0.2, -0.15) is 5.10 Å². The van der Waals surface area contributed by atoms with Crippen molar-refractivity contribution in [2.75, 3.05) is 24.1 Å². The number of carbonyl (C=O) groups excluding carboxylic acids is 3. The number of esters is 1. The van der Waals surface area contributed by atoms with Gasteiger partial charge in [0, 0.05) is 0 Å². The van der Waals surface area contributed by atoms with Crippen molar-refractivity contribution in [1.82, 2.24) is 0 Å². The van der Waals surface area contributed by atoms with Gasteiger partial charge in [0.1, 0.15) is 17.7 Å². The van der Waals surface area contributed by atoms with Gasteiger partial charge in [0.2, 0.25) is 5.91 Å². The molecule has 148 valence electrons. The third-order valence-electron chi connectivity index (χ3n) is 5.04. The predicted octanol–water partition coefficient (Wildman–Crippen LogP) is 1.91. The van der Waals surface area contributed by atoms with Crippen molar-refractivity contribution < 1.29 is 23.9 Å². The number of anilines is 2. The summed E-state index contributed by atoms with van der Waals surface area (Å²) in [6.45, 7) is 1.91. The van der Waals surface area contributed by atoms with E-state index in [0.717, 1.165) is 10.5 Å². The lowest BCUT2D eigenvalue weighted by Crippen LogP contribution is -2.39. The molecule has 0 saturated carbocycles. The number of hydrazone groups is 1. The molecule has 29 heavy (non-hydrogen) atoms. The number of methoxy groups -OCH3 is 2. The van der Waals surface area contributed by atoms with Crippen LogP contribution in [0.1, 0.15) is 5.56 Å². The summed E-state index contributed by atoms with van der Waals surface area (Å²) in [5, 5.41) is 5.73. The standard InChI is InChI=1S/C21H19N3O5/c1-12-7-6-8-13(11-12)24-18-16(17(22-24)21(27)29-3)19(25)23(20(18)26)14-9-4-5-10-15(14)28-2/h4-11,16,18H,1-3H3/t16-,18+/m0/s1. The Morgan fingerprint density at radius 2 is 1.79 bits per heavy atom. The molecular weight excluding hydrogens is 374 g/mol. The number of hydrogen-bond acceptors (Lipinski definition) is 7. The number of imide groups is 1. The lowest BCUT2D eigenvalue weighted by atomic mass is 9.97. The number of benzene rings is 2. The molecule has 0 radical (unpaired) electrons. The van der Waals surface area contributed by atoms with E-state index in [0.29, 0.717) is 17.1 Å². The quantitative estimate of drug-likeness (QED) is 0.582.